The van der Waals surface area contributed by atoms with Crippen LogP contribution < -0.4 is 5.32 Å². The van der Waals surface area contributed by atoms with Crippen molar-refractivity contribution in [1.29, 1.82) is 0 Å². The molecule has 0 bridgehead atoms. The van der Waals surface area contributed by atoms with E-state index < -0.39 is 0 Å². The molecule has 3 heterocycles. The summed E-state index contributed by atoms with van der Waals surface area (Å²) in [6.45, 7) is 2.96. The van der Waals surface area contributed by atoms with E-state index in [4.69, 9.17) is 0 Å². The second kappa shape index (κ2) is 4.46. The maximum absolute atomic E-state index is 4.65. The van der Waals surface area contributed by atoms with Gasteiger partial charge in [-0.3, -0.25) is 4.98 Å². The van der Waals surface area contributed by atoms with Crippen LogP contribution in [-0.2, 0) is 19.5 Å². The van der Waals surface area contributed by atoms with Crippen LogP contribution in [0, 0.1) is 0 Å². The summed E-state index contributed by atoms with van der Waals surface area (Å²) < 4.78 is 2.39. The van der Waals surface area contributed by atoms with Crippen LogP contribution in [0.15, 0.2) is 24.5 Å². The van der Waals surface area contributed by atoms with Crippen molar-refractivity contribution in [2.75, 3.05) is 6.54 Å². The minimum atomic E-state index is 0.435. The monoisotopic (exact) mass is 254 g/mol. The van der Waals surface area contributed by atoms with E-state index in [1.54, 1.807) is 0 Å². The quantitative estimate of drug-likeness (QED) is 0.844. The summed E-state index contributed by atoms with van der Waals surface area (Å²) >= 11 is 0. The average molecular weight is 254 g/mol. The molecule has 2 aromatic rings. The van der Waals surface area contributed by atoms with Gasteiger partial charge in [0.2, 0.25) is 0 Å². The predicted molar refractivity (Wildman–Crippen MR) is 73.0 cm³/mol. The second-order valence-corrected chi connectivity index (χ2v) is 5.42. The zero-order chi connectivity index (χ0) is 12.7. The maximum Gasteiger partial charge on any atom is 0.122 e. The number of hydrogen-bond acceptors (Lipinski definition) is 3. The molecule has 2 aromatic heterocycles. The van der Waals surface area contributed by atoms with E-state index in [9.17, 15) is 0 Å². The van der Waals surface area contributed by atoms with E-state index in [-0.39, 0.29) is 0 Å². The van der Waals surface area contributed by atoms with Crippen LogP contribution in [-0.4, -0.2) is 21.1 Å². The Balaban J connectivity index is 1.79. The summed E-state index contributed by atoms with van der Waals surface area (Å²) in [6, 6.07) is 4.28. The van der Waals surface area contributed by atoms with Crippen LogP contribution in [0.5, 0.6) is 0 Å². The molecule has 0 saturated carbocycles. The number of hydrogen-bond donors (Lipinski definition) is 1. The summed E-state index contributed by atoms with van der Waals surface area (Å²) in [5.41, 5.74) is 4.05. The largest absolute Gasteiger partial charge is 0.329 e. The number of aryl methyl sites for hydroxylation is 1. The third-order valence-electron chi connectivity index (χ3n) is 4.32. The normalized spacial score (nSPS) is 21.8. The lowest BCUT2D eigenvalue weighted by Crippen LogP contribution is -2.30. The molecule has 4 nitrogen and oxygen atoms in total. The van der Waals surface area contributed by atoms with Crippen LogP contribution in [0.3, 0.4) is 0 Å². The summed E-state index contributed by atoms with van der Waals surface area (Å²) in [5.74, 6) is 1.61. The molecule has 2 aliphatic rings. The van der Waals surface area contributed by atoms with Crippen LogP contribution in [0.1, 0.15) is 41.5 Å². The molecule has 4 heteroatoms. The SMILES string of the molecule is c1cnc2c(c1)CCCC2c1cnc2n1CCNC2. The summed E-state index contributed by atoms with van der Waals surface area (Å²) in [5, 5.41) is 3.38. The van der Waals surface area contributed by atoms with Crippen LogP contribution >= 0.6 is 0 Å². The Morgan fingerprint density at radius 2 is 2.32 bits per heavy atom. The van der Waals surface area contributed by atoms with Crippen molar-refractivity contribution in [2.24, 2.45) is 0 Å². The molecule has 0 radical (unpaired) electrons. The van der Waals surface area contributed by atoms with Gasteiger partial charge in [-0.15, -0.1) is 0 Å². The predicted octanol–water partition coefficient (Wildman–Crippen LogP) is 1.85. The van der Waals surface area contributed by atoms with Crippen molar-refractivity contribution >= 4 is 0 Å². The Morgan fingerprint density at radius 1 is 1.32 bits per heavy atom. The smallest absolute Gasteiger partial charge is 0.122 e. The first-order valence-corrected chi connectivity index (χ1v) is 7.12. The Bertz CT molecular complexity index is 602. The van der Waals surface area contributed by atoms with Crippen molar-refractivity contribution in [2.45, 2.75) is 38.3 Å². The number of fused-ring (bicyclic) bond motifs is 2. The number of pyridine rings is 1. The van der Waals surface area contributed by atoms with Gasteiger partial charge in [0, 0.05) is 37.1 Å². The van der Waals surface area contributed by atoms with E-state index in [1.165, 1.54) is 42.0 Å². The van der Waals surface area contributed by atoms with E-state index in [0.717, 1.165) is 19.6 Å². The Hall–Kier alpha value is -1.68. The third kappa shape index (κ3) is 1.78. The van der Waals surface area contributed by atoms with E-state index in [1.807, 2.05) is 6.20 Å². The van der Waals surface area contributed by atoms with Crippen molar-refractivity contribution in [1.82, 2.24) is 19.9 Å². The number of imidazole rings is 1. The molecule has 0 amide bonds. The van der Waals surface area contributed by atoms with Gasteiger partial charge in [-0.1, -0.05) is 6.07 Å². The first-order chi connectivity index (χ1) is 9.43. The highest BCUT2D eigenvalue weighted by Crippen LogP contribution is 2.35. The van der Waals surface area contributed by atoms with Crippen LogP contribution in [0.4, 0.5) is 0 Å². The first kappa shape index (κ1) is 11.2. The van der Waals surface area contributed by atoms with Gasteiger partial charge in [0.25, 0.3) is 0 Å². The van der Waals surface area contributed by atoms with Gasteiger partial charge >= 0.3 is 0 Å². The lowest BCUT2D eigenvalue weighted by molar-refractivity contribution is 0.474. The van der Waals surface area contributed by atoms with Gasteiger partial charge in [0.15, 0.2) is 0 Å². The summed E-state index contributed by atoms with van der Waals surface area (Å²) in [6.07, 6.45) is 7.61. The Morgan fingerprint density at radius 3 is 3.32 bits per heavy atom. The minimum Gasteiger partial charge on any atom is -0.329 e. The van der Waals surface area contributed by atoms with Crippen LogP contribution in [0.2, 0.25) is 0 Å². The number of nitrogens with zero attached hydrogens (tertiary/aromatic N) is 3. The minimum absolute atomic E-state index is 0.435. The molecule has 0 fully saturated rings. The molecular formula is C15H18N4. The maximum atomic E-state index is 4.65. The van der Waals surface area contributed by atoms with Gasteiger partial charge in [0.05, 0.1) is 12.2 Å². The molecule has 1 unspecified atom stereocenters. The molecule has 0 spiro atoms. The van der Waals surface area contributed by atoms with Crippen molar-refractivity contribution < 1.29 is 0 Å². The van der Waals surface area contributed by atoms with Crippen LogP contribution in [0.25, 0.3) is 0 Å². The molecule has 1 aliphatic heterocycles. The highest BCUT2D eigenvalue weighted by Gasteiger charge is 2.27. The van der Waals surface area contributed by atoms with E-state index in [2.05, 4.69) is 38.2 Å². The topological polar surface area (TPSA) is 42.7 Å². The molecule has 1 atom stereocenters. The second-order valence-electron chi connectivity index (χ2n) is 5.42. The van der Waals surface area contributed by atoms with E-state index in [0.29, 0.717) is 5.92 Å². The van der Waals surface area contributed by atoms with E-state index >= 15 is 0 Å². The van der Waals surface area contributed by atoms with Crippen molar-refractivity contribution in [3.05, 3.63) is 47.3 Å². The number of aromatic nitrogens is 3. The lowest BCUT2D eigenvalue weighted by atomic mass is 9.84. The Kier molecular flexibility index (Phi) is 2.62. The fraction of sp³-hybridized carbons (Fsp3) is 0.467. The molecule has 19 heavy (non-hydrogen) atoms. The average Bonchev–Trinajstić information content (AvgIpc) is 2.90. The zero-order valence-corrected chi connectivity index (χ0v) is 11.0. The van der Waals surface area contributed by atoms with Gasteiger partial charge in [-0.2, -0.15) is 0 Å². The number of rotatable bonds is 1. The van der Waals surface area contributed by atoms with Gasteiger partial charge in [0.1, 0.15) is 5.82 Å². The van der Waals surface area contributed by atoms with Crippen molar-refractivity contribution in [3.8, 4) is 0 Å². The molecule has 0 saturated heterocycles. The highest BCUT2D eigenvalue weighted by molar-refractivity contribution is 5.33. The molecule has 98 valence electrons. The standard InChI is InChI=1S/C15H18N4/c1-3-11-4-2-6-17-15(11)12(5-1)13-9-18-14-10-16-7-8-19(13)14/h2,4,6,9,12,16H,1,3,5,7-8,10H2. The third-order valence-corrected chi connectivity index (χ3v) is 4.32. The number of nitrogens with one attached hydrogen (secondary N) is 1. The van der Waals surface area contributed by atoms with Gasteiger partial charge in [-0.25, -0.2) is 4.98 Å². The fourth-order valence-electron chi connectivity index (χ4n) is 3.39. The van der Waals surface area contributed by atoms with Gasteiger partial charge < -0.3 is 9.88 Å². The summed E-state index contributed by atoms with van der Waals surface area (Å²) in [4.78, 5) is 9.23. The lowest BCUT2D eigenvalue weighted by Gasteiger charge is -2.26. The molecule has 1 aliphatic carbocycles. The molecule has 0 aromatic carbocycles. The highest BCUT2D eigenvalue weighted by atomic mass is 15.2. The van der Waals surface area contributed by atoms with Gasteiger partial charge in [-0.05, 0) is 30.9 Å². The van der Waals surface area contributed by atoms with Crippen molar-refractivity contribution in [3.63, 3.8) is 0 Å². The fourth-order valence-corrected chi connectivity index (χ4v) is 3.39. The zero-order valence-electron chi connectivity index (χ0n) is 11.0. The molecule has 4 rings (SSSR count). The first-order valence-electron chi connectivity index (χ1n) is 7.12. The Labute approximate surface area is 112 Å². The molecule has 1 N–H and O–H groups in total. The molecular weight excluding hydrogens is 236 g/mol. The summed E-state index contributed by atoms with van der Waals surface area (Å²) in [7, 11) is 0.